The number of amides is 2. The van der Waals surface area contributed by atoms with Gasteiger partial charge < -0.3 is 4.57 Å². The summed E-state index contributed by atoms with van der Waals surface area (Å²) in [6.07, 6.45) is 2.29. The van der Waals surface area contributed by atoms with E-state index in [4.69, 9.17) is 12.2 Å². The third-order valence-electron chi connectivity index (χ3n) is 5.88. The first-order chi connectivity index (χ1) is 16.7. The number of nitro groups is 1. The molecule has 2 heterocycles. The molecule has 35 heavy (non-hydrogen) atoms. The largest absolute Gasteiger partial charge is 0.318 e. The molecule has 4 rings (SSSR count). The van der Waals surface area contributed by atoms with E-state index in [2.05, 4.69) is 0 Å². The first-order valence-electron chi connectivity index (χ1n) is 11.2. The van der Waals surface area contributed by atoms with Crippen LogP contribution in [-0.2, 0) is 9.59 Å². The topological polar surface area (TPSA) is 88.7 Å². The lowest BCUT2D eigenvalue weighted by molar-refractivity contribution is -0.384. The Morgan fingerprint density at radius 1 is 0.971 bits per heavy atom. The summed E-state index contributed by atoms with van der Waals surface area (Å²) in [4.78, 5) is 40.3. The van der Waals surface area contributed by atoms with Gasteiger partial charge in [-0.3, -0.25) is 29.5 Å². The van der Waals surface area contributed by atoms with Gasteiger partial charge in [0.15, 0.2) is 5.11 Å². The third-order valence-corrected chi connectivity index (χ3v) is 6.28. The Morgan fingerprint density at radius 3 is 2.23 bits per heavy atom. The lowest BCUT2D eigenvalue weighted by atomic mass is 10.1. The van der Waals surface area contributed by atoms with Gasteiger partial charge in [0.05, 0.1) is 10.6 Å². The van der Waals surface area contributed by atoms with Gasteiger partial charge in [-0.05, 0) is 74.5 Å². The first kappa shape index (κ1) is 24.0. The predicted molar refractivity (Wildman–Crippen MR) is 138 cm³/mol. The standard InChI is InChI=1S/C26H24N4O4S/c1-4-14-27-24(31)23(25(32)29(26(27)35)20-8-6-5-7-9-20)16-19-15-17(2)28(18(19)3)21-10-12-22(13-11-21)30(33)34/h5-13,15-16H,4,14H2,1-3H3/b23-16-. The van der Waals surface area contributed by atoms with E-state index in [0.717, 1.165) is 17.1 Å². The van der Waals surface area contributed by atoms with Crippen LogP contribution in [0.25, 0.3) is 11.8 Å². The minimum atomic E-state index is -0.473. The van der Waals surface area contributed by atoms with Crippen molar-refractivity contribution in [1.29, 1.82) is 0 Å². The molecule has 8 nitrogen and oxygen atoms in total. The summed E-state index contributed by atoms with van der Waals surface area (Å²) in [7, 11) is 0. The maximum atomic E-state index is 13.5. The van der Waals surface area contributed by atoms with E-state index >= 15 is 0 Å². The lowest BCUT2D eigenvalue weighted by Crippen LogP contribution is -2.56. The zero-order chi connectivity index (χ0) is 25.3. The van der Waals surface area contributed by atoms with Crippen LogP contribution in [-0.4, -0.2) is 37.9 Å². The molecule has 0 saturated carbocycles. The van der Waals surface area contributed by atoms with Gasteiger partial charge in [-0.2, -0.15) is 0 Å². The molecule has 0 spiro atoms. The molecule has 2 amide bonds. The number of benzene rings is 2. The number of anilines is 1. The minimum Gasteiger partial charge on any atom is -0.318 e. The number of carbonyl (C=O) groups is 2. The quantitative estimate of drug-likeness (QED) is 0.161. The molecule has 2 aromatic carbocycles. The smallest absolute Gasteiger partial charge is 0.270 e. The fourth-order valence-electron chi connectivity index (χ4n) is 4.21. The number of para-hydroxylation sites is 1. The molecule has 0 bridgehead atoms. The molecule has 178 valence electrons. The zero-order valence-corrected chi connectivity index (χ0v) is 20.4. The summed E-state index contributed by atoms with van der Waals surface area (Å²) in [5.41, 5.74) is 3.74. The van der Waals surface area contributed by atoms with Gasteiger partial charge in [0.1, 0.15) is 5.57 Å². The van der Waals surface area contributed by atoms with E-state index in [-0.39, 0.29) is 16.4 Å². The number of aromatic nitrogens is 1. The van der Waals surface area contributed by atoms with Crippen LogP contribution in [0.4, 0.5) is 11.4 Å². The highest BCUT2D eigenvalue weighted by molar-refractivity contribution is 7.80. The first-order valence-corrected chi connectivity index (χ1v) is 11.6. The molecule has 1 saturated heterocycles. The van der Waals surface area contributed by atoms with Crippen molar-refractivity contribution in [3.05, 3.63) is 93.3 Å². The Hall–Kier alpha value is -4.11. The number of hydrogen-bond donors (Lipinski definition) is 0. The number of nitrogens with zero attached hydrogens (tertiary/aromatic N) is 4. The molecule has 0 N–H and O–H groups in total. The average Bonchev–Trinajstić information content (AvgIpc) is 3.13. The molecule has 0 atom stereocenters. The van der Waals surface area contributed by atoms with Crippen LogP contribution < -0.4 is 4.90 Å². The Kier molecular flexibility index (Phi) is 6.61. The maximum Gasteiger partial charge on any atom is 0.270 e. The molecule has 1 aliphatic heterocycles. The van der Waals surface area contributed by atoms with Gasteiger partial charge in [-0.1, -0.05) is 25.1 Å². The number of aryl methyl sites for hydroxylation is 1. The fraction of sp³-hybridized carbons (Fsp3) is 0.192. The number of thiocarbonyl (C=S) groups is 1. The van der Waals surface area contributed by atoms with E-state index < -0.39 is 16.7 Å². The van der Waals surface area contributed by atoms with Crippen molar-refractivity contribution in [2.24, 2.45) is 0 Å². The summed E-state index contributed by atoms with van der Waals surface area (Å²) in [5.74, 6) is -0.895. The monoisotopic (exact) mass is 488 g/mol. The molecule has 1 aromatic heterocycles. The van der Waals surface area contributed by atoms with Crippen molar-refractivity contribution in [3.63, 3.8) is 0 Å². The SMILES string of the molecule is CCCN1C(=O)/C(=C/c2cc(C)n(-c3ccc([N+](=O)[O-])cc3)c2C)C(=O)N(c2ccccc2)C1=S. The molecule has 0 unspecified atom stereocenters. The Bertz CT molecular complexity index is 1360. The summed E-state index contributed by atoms with van der Waals surface area (Å²) in [6.45, 7) is 6.12. The second-order valence-corrected chi connectivity index (χ2v) is 8.57. The predicted octanol–water partition coefficient (Wildman–Crippen LogP) is 4.96. The molecular weight excluding hydrogens is 464 g/mol. The van der Waals surface area contributed by atoms with Crippen molar-refractivity contribution >= 4 is 46.6 Å². The average molecular weight is 489 g/mol. The number of carbonyl (C=O) groups excluding carboxylic acids is 2. The zero-order valence-electron chi connectivity index (χ0n) is 19.6. The molecule has 1 aliphatic rings. The highest BCUT2D eigenvalue weighted by Crippen LogP contribution is 2.29. The van der Waals surface area contributed by atoms with Gasteiger partial charge in [0.25, 0.3) is 17.5 Å². The minimum absolute atomic E-state index is 0.00457. The van der Waals surface area contributed by atoms with Crippen molar-refractivity contribution in [2.75, 3.05) is 11.4 Å². The van der Waals surface area contributed by atoms with Crippen LogP contribution in [0.2, 0.25) is 0 Å². The molecule has 9 heteroatoms. The van der Waals surface area contributed by atoms with Gasteiger partial charge in [0.2, 0.25) is 0 Å². The molecule has 0 aliphatic carbocycles. The number of rotatable bonds is 6. The highest BCUT2D eigenvalue weighted by atomic mass is 32.1. The molecule has 0 radical (unpaired) electrons. The van der Waals surface area contributed by atoms with E-state index in [9.17, 15) is 19.7 Å². The van der Waals surface area contributed by atoms with Gasteiger partial charge >= 0.3 is 0 Å². The Morgan fingerprint density at radius 2 is 1.63 bits per heavy atom. The van der Waals surface area contributed by atoms with Crippen LogP contribution in [0, 0.1) is 24.0 Å². The highest BCUT2D eigenvalue weighted by Gasteiger charge is 2.40. The molecule has 1 fully saturated rings. The second kappa shape index (κ2) is 9.63. The van der Waals surface area contributed by atoms with Crippen molar-refractivity contribution < 1.29 is 14.5 Å². The molecular formula is C26H24N4O4S. The van der Waals surface area contributed by atoms with Crippen molar-refractivity contribution in [3.8, 4) is 5.69 Å². The number of nitro benzene ring substituents is 1. The van der Waals surface area contributed by atoms with E-state index in [1.807, 2.05) is 49.6 Å². The normalized spacial score (nSPS) is 15.3. The van der Waals surface area contributed by atoms with Crippen molar-refractivity contribution in [2.45, 2.75) is 27.2 Å². The van der Waals surface area contributed by atoms with Crippen LogP contribution >= 0.6 is 12.2 Å². The van der Waals surface area contributed by atoms with Gasteiger partial charge in [-0.25, -0.2) is 0 Å². The van der Waals surface area contributed by atoms with E-state index in [1.165, 1.54) is 21.9 Å². The fourth-order valence-corrected chi connectivity index (χ4v) is 4.57. The Balaban J connectivity index is 1.79. The van der Waals surface area contributed by atoms with Crippen LogP contribution in [0.3, 0.4) is 0 Å². The van der Waals surface area contributed by atoms with Crippen LogP contribution in [0.15, 0.2) is 66.2 Å². The lowest BCUT2D eigenvalue weighted by Gasteiger charge is -2.36. The third kappa shape index (κ3) is 4.38. The Labute approximate surface area is 208 Å². The number of non-ortho nitro benzene ring substituents is 1. The molecule has 3 aromatic rings. The summed E-state index contributed by atoms with van der Waals surface area (Å²) < 4.78 is 1.93. The van der Waals surface area contributed by atoms with Gasteiger partial charge in [0, 0.05) is 35.8 Å². The summed E-state index contributed by atoms with van der Waals surface area (Å²) in [6, 6.07) is 17.1. The number of hydrogen-bond acceptors (Lipinski definition) is 5. The van der Waals surface area contributed by atoms with Gasteiger partial charge in [-0.15, -0.1) is 0 Å². The van der Waals surface area contributed by atoms with E-state index in [0.29, 0.717) is 24.2 Å². The van der Waals surface area contributed by atoms with Crippen LogP contribution in [0.5, 0.6) is 0 Å². The van der Waals surface area contributed by atoms with E-state index in [1.54, 1.807) is 30.3 Å². The summed E-state index contributed by atoms with van der Waals surface area (Å²) in [5, 5.41) is 11.2. The van der Waals surface area contributed by atoms with Crippen molar-refractivity contribution in [1.82, 2.24) is 9.47 Å². The maximum absolute atomic E-state index is 13.5. The van der Waals surface area contributed by atoms with Crippen LogP contribution in [0.1, 0.15) is 30.3 Å². The summed E-state index contributed by atoms with van der Waals surface area (Å²) >= 11 is 5.54. The second-order valence-electron chi connectivity index (χ2n) is 8.21.